The molecule has 98 valence electrons. The first-order valence-electron chi connectivity index (χ1n) is 5.51. The van der Waals surface area contributed by atoms with E-state index < -0.39 is 11.8 Å². The maximum atomic E-state index is 11.6. The Hall–Kier alpha value is -1.26. The summed E-state index contributed by atoms with van der Waals surface area (Å²) in [4.78, 5) is 23.0. The van der Waals surface area contributed by atoms with E-state index in [1.807, 2.05) is 13.8 Å². The Balaban J connectivity index is 2.64. The number of nitrogens with one attached hydrogen (secondary N) is 2. The van der Waals surface area contributed by atoms with Crippen molar-refractivity contribution in [3.8, 4) is 0 Å². The van der Waals surface area contributed by atoms with E-state index in [0.717, 1.165) is 6.42 Å². The van der Waals surface area contributed by atoms with Crippen molar-refractivity contribution in [2.75, 3.05) is 5.32 Å². The molecular weight excluding hydrogens is 275 g/mol. The lowest BCUT2D eigenvalue weighted by atomic mass is 10.2. The minimum Gasteiger partial charge on any atom is -0.345 e. The molecule has 2 amide bonds. The summed E-state index contributed by atoms with van der Waals surface area (Å²) >= 11 is 11.5. The fourth-order valence-corrected chi connectivity index (χ4v) is 1.45. The van der Waals surface area contributed by atoms with E-state index in [1.54, 1.807) is 12.1 Å². The maximum Gasteiger partial charge on any atom is 0.313 e. The zero-order chi connectivity index (χ0) is 13.7. The molecule has 1 atom stereocenters. The van der Waals surface area contributed by atoms with Gasteiger partial charge in [-0.3, -0.25) is 9.59 Å². The van der Waals surface area contributed by atoms with Crippen LogP contribution in [-0.4, -0.2) is 17.9 Å². The second-order valence-corrected chi connectivity index (χ2v) is 4.68. The van der Waals surface area contributed by atoms with E-state index in [2.05, 4.69) is 10.6 Å². The van der Waals surface area contributed by atoms with Crippen LogP contribution in [0.15, 0.2) is 18.2 Å². The van der Waals surface area contributed by atoms with Crippen LogP contribution in [0.5, 0.6) is 0 Å². The Morgan fingerprint density at radius 3 is 2.44 bits per heavy atom. The largest absolute Gasteiger partial charge is 0.345 e. The van der Waals surface area contributed by atoms with E-state index in [1.165, 1.54) is 6.07 Å². The summed E-state index contributed by atoms with van der Waals surface area (Å²) in [7, 11) is 0. The summed E-state index contributed by atoms with van der Waals surface area (Å²) in [6, 6.07) is 4.56. The van der Waals surface area contributed by atoms with Crippen LogP contribution in [0.2, 0.25) is 10.0 Å². The van der Waals surface area contributed by atoms with Gasteiger partial charge in [0.1, 0.15) is 0 Å². The highest BCUT2D eigenvalue weighted by Gasteiger charge is 2.15. The van der Waals surface area contributed by atoms with Gasteiger partial charge in [0.25, 0.3) is 0 Å². The molecule has 18 heavy (non-hydrogen) atoms. The predicted octanol–water partition coefficient (Wildman–Crippen LogP) is 2.85. The standard InChI is InChI=1S/C12H14Cl2N2O2/c1-3-7(2)15-11(17)12(18)16-8-4-5-9(13)10(14)6-8/h4-7H,3H2,1-2H3,(H,15,17)(H,16,18)/t7-/m1/s1. The van der Waals surface area contributed by atoms with Crippen LogP contribution < -0.4 is 10.6 Å². The van der Waals surface area contributed by atoms with Gasteiger partial charge in [0.2, 0.25) is 0 Å². The van der Waals surface area contributed by atoms with Crippen LogP contribution in [0.3, 0.4) is 0 Å². The molecule has 0 saturated heterocycles. The van der Waals surface area contributed by atoms with Gasteiger partial charge in [-0.15, -0.1) is 0 Å². The van der Waals surface area contributed by atoms with Gasteiger partial charge in [-0.25, -0.2) is 0 Å². The molecule has 0 radical (unpaired) electrons. The lowest BCUT2D eigenvalue weighted by Gasteiger charge is -2.11. The highest BCUT2D eigenvalue weighted by Crippen LogP contribution is 2.24. The molecule has 0 saturated carbocycles. The molecule has 4 nitrogen and oxygen atoms in total. The first-order valence-corrected chi connectivity index (χ1v) is 6.26. The summed E-state index contributed by atoms with van der Waals surface area (Å²) in [6.07, 6.45) is 0.756. The molecule has 6 heteroatoms. The van der Waals surface area contributed by atoms with E-state index in [9.17, 15) is 9.59 Å². The lowest BCUT2D eigenvalue weighted by Crippen LogP contribution is -2.40. The number of carbonyl (C=O) groups excluding carboxylic acids is 2. The number of carbonyl (C=O) groups is 2. The van der Waals surface area contributed by atoms with Gasteiger partial charge < -0.3 is 10.6 Å². The molecule has 0 heterocycles. The summed E-state index contributed by atoms with van der Waals surface area (Å²) in [5.41, 5.74) is 0.425. The summed E-state index contributed by atoms with van der Waals surface area (Å²) in [6.45, 7) is 3.74. The van der Waals surface area contributed by atoms with E-state index in [0.29, 0.717) is 15.7 Å². The number of amides is 2. The fourth-order valence-electron chi connectivity index (χ4n) is 1.15. The van der Waals surface area contributed by atoms with E-state index >= 15 is 0 Å². The molecule has 1 rings (SSSR count). The van der Waals surface area contributed by atoms with Crippen molar-refractivity contribution in [2.45, 2.75) is 26.3 Å². The van der Waals surface area contributed by atoms with Gasteiger partial charge in [-0.2, -0.15) is 0 Å². The lowest BCUT2D eigenvalue weighted by molar-refractivity contribution is -0.136. The van der Waals surface area contributed by atoms with E-state index in [4.69, 9.17) is 23.2 Å². The highest BCUT2D eigenvalue weighted by atomic mass is 35.5. The Labute approximate surface area is 116 Å². The first-order chi connectivity index (χ1) is 8.43. The zero-order valence-corrected chi connectivity index (χ0v) is 11.6. The SMILES string of the molecule is CC[C@@H](C)NC(=O)C(=O)Nc1ccc(Cl)c(Cl)c1. The van der Waals surface area contributed by atoms with Gasteiger partial charge in [0.05, 0.1) is 10.0 Å². The van der Waals surface area contributed by atoms with E-state index in [-0.39, 0.29) is 6.04 Å². The van der Waals surface area contributed by atoms with Crippen molar-refractivity contribution in [3.63, 3.8) is 0 Å². The first kappa shape index (κ1) is 14.8. The van der Waals surface area contributed by atoms with Crippen LogP contribution in [0, 0.1) is 0 Å². The molecule has 0 aliphatic carbocycles. The average Bonchev–Trinajstić information content (AvgIpc) is 2.33. The Morgan fingerprint density at radius 2 is 1.89 bits per heavy atom. The third-order valence-corrected chi connectivity index (χ3v) is 3.11. The van der Waals surface area contributed by atoms with Crippen LogP contribution in [0.25, 0.3) is 0 Å². The Morgan fingerprint density at radius 1 is 1.22 bits per heavy atom. The van der Waals surface area contributed by atoms with Crippen molar-refractivity contribution >= 4 is 40.7 Å². The number of halogens is 2. The van der Waals surface area contributed by atoms with Gasteiger partial charge in [-0.05, 0) is 31.5 Å². The molecule has 1 aromatic rings. The van der Waals surface area contributed by atoms with Crippen molar-refractivity contribution in [2.24, 2.45) is 0 Å². The number of hydrogen-bond acceptors (Lipinski definition) is 2. The molecule has 0 spiro atoms. The Kier molecular flexibility index (Phi) is 5.44. The predicted molar refractivity (Wildman–Crippen MR) is 73.0 cm³/mol. The second kappa shape index (κ2) is 6.61. The molecule has 0 fully saturated rings. The van der Waals surface area contributed by atoms with Crippen LogP contribution >= 0.6 is 23.2 Å². The smallest absolute Gasteiger partial charge is 0.313 e. The fraction of sp³-hybridized carbons (Fsp3) is 0.333. The molecule has 0 aliphatic rings. The topological polar surface area (TPSA) is 58.2 Å². The van der Waals surface area contributed by atoms with Crippen molar-refractivity contribution in [1.82, 2.24) is 5.32 Å². The normalized spacial score (nSPS) is 11.8. The minimum atomic E-state index is -0.728. The number of anilines is 1. The van der Waals surface area contributed by atoms with Gasteiger partial charge in [0.15, 0.2) is 0 Å². The Bertz CT molecular complexity index is 463. The van der Waals surface area contributed by atoms with Crippen LogP contribution in [0.1, 0.15) is 20.3 Å². The molecule has 0 unspecified atom stereocenters. The van der Waals surface area contributed by atoms with Crippen molar-refractivity contribution in [1.29, 1.82) is 0 Å². The molecular formula is C12H14Cl2N2O2. The third kappa shape index (κ3) is 4.20. The molecule has 0 aromatic heterocycles. The van der Waals surface area contributed by atoms with Gasteiger partial charge >= 0.3 is 11.8 Å². The molecule has 0 aliphatic heterocycles. The van der Waals surface area contributed by atoms with Gasteiger partial charge in [-0.1, -0.05) is 30.1 Å². The van der Waals surface area contributed by atoms with Crippen molar-refractivity contribution < 1.29 is 9.59 Å². The van der Waals surface area contributed by atoms with Crippen molar-refractivity contribution in [3.05, 3.63) is 28.2 Å². The molecule has 0 bridgehead atoms. The highest BCUT2D eigenvalue weighted by molar-refractivity contribution is 6.42. The summed E-state index contributed by atoms with van der Waals surface area (Å²) in [5.74, 6) is -1.40. The third-order valence-electron chi connectivity index (χ3n) is 2.37. The quantitative estimate of drug-likeness (QED) is 0.841. The summed E-state index contributed by atoms with van der Waals surface area (Å²) in [5, 5.41) is 5.71. The number of rotatable bonds is 3. The van der Waals surface area contributed by atoms with Crippen LogP contribution in [0.4, 0.5) is 5.69 Å². The van der Waals surface area contributed by atoms with Crippen LogP contribution in [-0.2, 0) is 9.59 Å². The maximum absolute atomic E-state index is 11.6. The second-order valence-electron chi connectivity index (χ2n) is 3.87. The molecule has 1 aromatic carbocycles. The summed E-state index contributed by atoms with van der Waals surface area (Å²) < 4.78 is 0. The van der Waals surface area contributed by atoms with Gasteiger partial charge in [0, 0.05) is 11.7 Å². The number of hydrogen-bond donors (Lipinski definition) is 2. The minimum absolute atomic E-state index is 0.0444. The zero-order valence-electron chi connectivity index (χ0n) is 10.1. The monoisotopic (exact) mass is 288 g/mol. The molecule has 2 N–H and O–H groups in total. The average molecular weight is 289 g/mol. The number of benzene rings is 1.